The fourth-order valence-electron chi connectivity index (χ4n) is 2.53. The first-order valence-electron chi connectivity index (χ1n) is 7.78. The Hall–Kier alpha value is -3.17. The second kappa shape index (κ2) is 6.62. The molecule has 0 saturated heterocycles. The van der Waals surface area contributed by atoms with Gasteiger partial charge in [0.2, 0.25) is 10.0 Å². The maximum absolute atomic E-state index is 12.7. The average molecular weight is 366 g/mol. The van der Waals surface area contributed by atoms with Crippen molar-refractivity contribution in [3.63, 3.8) is 0 Å². The SMILES string of the molecule is O=S(=O)(NCc1cn(-c2cccnc2)nn1)c1cccc2cccnc12. The van der Waals surface area contributed by atoms with E-state index in [0.29, 0.717) is 11.2 Å². The fourth-order valence-corrected chi connectivity index (χ4v) is 3.71. The molecule has 3 heterocycles. The lowest BCUT2D eigenvalue weighted by atomic mass is 10.2. The fraction of sp³-hybridized carbons (Fsp3) is 0.0588. The molecule has 4 rings (SSSR count). The van der Waals surface area contributed by atoms with Crippen LogP contribution in [0.15, 0.2) is 72.1 Å². The number of sulfonamides is 1. The summed E-state index contributed by atoms with van der Waals surface area (Å²) < 4.78 is 29.4. The normalized spacial score (nSPS) is 11.7. The summed E-state index contributed by atoms with van der Waals surface area (Å²) in [5, 5.41) is 8.75. The molecule has 0 aliphatic rings. The smallest absolute Gasteiger partial charge is 0.243 e. The molecular weight excluding hydrogens is 352 g/mol. The highest BCUT2D eigenvalue weighted by atomic mass is 32.2. The van der Waals surface area contributed by atoms with Crippen molar-refractivity contribution < 1.29 is 8.42 Å². The van der Waals surface area contributed by atoms with E-state index in [9.17, 15) is 8.42 Å². The van der Waals surface area contributed by atoms with Gasteiger partial charge in [0.05, 0.1) is 35.8 Å². The van der Waals surface area contributed by atoms with E-state index in [1.807, 2.05) is 18.2 Å². The summed E-state index contributed by atoms with van der Waals surface area (Å²) >= 11 is 0. The maximum Gasteiger partial charge on any atom is 0.243 e. The predicted molar refractivity (Wildman–Crippen MR) is 94.9 cm³/mol. The minimum Gasteiger partial charge on any atom is -0.262 e. The Balaban J connectivity index is 1.57. The molecule has 0 aliphatic heterocycles. The highest BCUT2D eigenvalue weighted by molar-refractivity contribution is 7.89. The first kappa shape index (κ1) is 16.3. The third kappa shape index (κ3) is 3.17. The number of nitrogens with one attached hydrogen (secondary N) is 1. The van der Waals surface area contributed by atoms with Crippen LogP contribution in [0, 0.1) is 0 Å². The molecule has 0 bridgehead atoms. The van der Waals surface area contributed by atoms with Gasteiger partial charge in [-0.25, -0.2) is 17.8 Å². The molecule has 1 N–H and O–H groups in total. The minimum atomic E-state index is -3.74. The van der Waals surface area contributed by atoms with E-state index in [2.05, 4.69) is 25.0 Å². The second-order valence-electron chi connectivity index (χ2n) is 5.52. The number of pyridine rings is 2. The number of aromatic nitrogens is 5. The summed E-state index contributed by atoms with van der Waals surface area (Å²) in [5.74, 6) is 0. The van der Waals surface area contributed by atoms with Crippen molar-refractivity contribution in [1.82, 2.24) is 29.7 Å². The molecule has 0 aliphatic carbocycles. The highest BCUT2D eigenvalue weighted by Gasteiger charge is 2.18. The van der Waals surface area contributed by atoms with Gasteiger partial charge in [-0.15, -0.1) is 5.10 Å². The standard InChI is InChI=1S/C17H14N6O2S/c24-26(25,16-7-1-4-13-5-2-9-19-17(13)16)20-10-14-12-23(22-21-14)15-6-3-8-18-11-15/h1-9,11-12,20H,10H2. The van der Waals surface area contributed by atoms with E-state index < -0.39 is 10.0 Å². The summed E-state index contributed by atoms with van der Waals surface area (Å²) in [6, 6.07) is 12.2. The Morgan fingerprint density at radius 2 is 1.88 bits per heavy atom. The lowest BCUT2D eigenvalue weighted by Gasteiger charge is -2.07. The molecular formula is C17H14N6O2S. The van der Waals surface area contributed by atoms with Crippen LogP contribution in [0.2, 0.25) is 0 Å². The molecule has 0 amide bonds. The monoisotopic (exact) mass is 366 g/mol. The summed E-state index contributed by atoms with van der Waals surface area (Å²) in [7, 11) is -3.74. The van der Waals surface area contributed by atoms with Crippen molar-refractivity contribution in [3.05, 3.63) is 72.9 Å². The van der Waals surface area contributed by atoms with Gasteiger partial charge in [-0.3, -0.25) is 9.97 Å². The Morgan fingerprint density at radius 1 is 1.04 bits per heavy atom. The van der Waals surface area contributed by atoms with Gasteiger partial charge in [-0.05, 0) is 24.3 Å². The topological polar surface area (TPSA) is 103 Å². The second-order valence-corrected chi connectivity index (χ2v) is 7.26. The first-order chi connectivity index (χ1) is 12.6. The van der Waals surface area contributed by atoms with E-state index >= 15 is 0 Å². The van der Waals surface area contributed by atoms with Gasteiger partial charge in [-0.1, -0.05) is 23.4 Å². The highest BCUT2D eigenvalue weighted by Crippen LogP contribution is 2.20. The number of fused-ring (bicyclic) bond motifs is 1. The first-order valence-corrected chi connectivity index (χ1v) is 9.27. The van der Waals surface area contributed by atoms with Crippen molar-refractivity contribution in [2.24, 2.45) is 0 Å². The molecule has 26 heavy (non-hydrogen) atoms. The molecule has 8 nitrogen and oxygen atoms in total. The summed E-state index contributed by atoms with van der Waals surface area (Å²) in [6.45, 7) is 0.0197. The van der Waals surface area contributed by atoms with Crippen LogP contribution in [0.25, 0.3) is 16.6 Å². The van der Waals surface area contributed by atoms with Gasteiger partial charge >= 0.3 is 0 Å². The Labute approximate surface area is 149 Å². The molecule has 0 atom stereocenters. The van der Waals surface area contributed by atoms with E-state index in [4.69, 9.17) is 0 Å². The van der Waals surface area contributed by atoms with Crippen LogP contribution in [0.5, 0.6) is 0 Å². The number of nitrogens with zero attached hydrogens (tertiary/aromatic N) is 5. The Bertz CT molecular complexity index is 1150. The molecule has 0 unspecified atom stereocenters. The molecule has 0 saturated carbocycles. The average Bonchev–Trinajstić information content (AvgIpc) is 3.16. The molecule has 0 radical (unpaired) electrons. The van der Waals surface area contributed by atoms with E-state index in [1.165, 1.54) is 10.7 Å². The molecule has 0 spiro atoms. The van der Waals surface area contributed by atoms with Crippen molar-refractivity contribution >= 4 is 20.9 Å². The van der Waals surface area contributed by atoms with Crippen LogP contribution < -0.4 is 4.72 Å². The summed E-state index contributed by atoms with van der Waals surface area (Å²) in [4.78, 5) is 8.34. The van der Waals surface area contributed by atoms with Crippen molar-refractivity contribution in [2.45, 2.75) is 11.4 Å². The van der Waals surface area contributed by atoms with Crippen LogP contribution in [0.3, 0.4) is 0 Å². The lowest BCUT2D eigenvalue weighted by Crippen LogP contribution is -2.23. The molecule has 3 aromatic heterocycles. The minimum absolute atomic E-state index is 0.0197. The zero-order valence-electron chi connectivity index (χ0n) is 13.5. The van der Waals surface area contributed by atoms with Gasteiger partial charge in [-0.2, -0.15) is 0 Å². The Morgan fingerprint density at radius 3 is 2.73 bits per heavy atom. The molecule has 9 heteroatoms. The molecule has 130 valence electrons. The van der Waals surface area contributed by atoms with Gasteiger partial charge in [0.1, 0.15) is 4.90 Å². The van der Waals surface area contributed by atoms with Crippen molar-refractivity contribution in [2.75, 3.05) is 0 Å². The number of para-hydroxylation sites is 1. The third-order valence-electron chi connectivity index (χ3n) is 3.78. The number of benzene rings is 1. The van der Waals surface area contributed by atoms with Crippen LogP contribution in [-0.4, -0.2) is 33.4 Å². The van der Waals surface area contributed by atoms with Crippen LogP contribution in [-0.2, 0) is 16.6 Å². The zero-order valence-corrected chi connectivity index (χ0v) is 14.3. The predicted octanol–water partition coefficient (Wildman–Crippen LogP) is 1.69. The molecule has 4 aromatic rings. The van der Waals surface area contributed by atoms with Gasteiger partial charge in [0.25, 0.3) is 0 Å². The number of rotatable bonds is 5. The van der Waals surface area contributed by atoms with E-state index in [1.54, 1.807) is 43.0 Å². The van der Waals surface area contributed by atoms with Crippen molar-refractivity contribution in [3.8, 4) is 5.69 Å². The van der Waals surface area contributed by atoms with Gasteiger partial charge < -0.3 is 0 Å². The summed E-state index contributed by atoms with van der Waals surface area (Å²) in [6.07, 6.45) is 6.53. The molecule has 0 fully saturated rings. The quantitative estimate of drug-likeness (QED) is 0.577. The van der Waals surface area contributed by atoms with Crippen LogP contribution in [0.4, 0.5) is 0 Å². The number of hydrogen-bond donors (Lipinski definition) is 1. The van der Waals surface area contributed by atoms with Gasteiger partial charge in [0.15, 0.2) is 0 Å². The third-order valence-corrected chi connectivity index (χ3v) is 5.21. The van der Waals surface area contributed by atoms with E-state index in [-0.39, 0.29) is 11.4 Å². The van der Waals surface area contributed by atoms with Crippen LogP contribution >= 0.6 is 0 Å². The van der Waals surface area contributed by atoms with Crippen LogP contribution in [0.1, 0.15) is 5.69 Å². The largest absolute Gasteiger partial charge is 0.262 e. The maximum atomic E-state index is 12.7. The van der Waals surface area contributed by atoms with Gasteiger partial charge in [0, 0.05) is 17.8 Å². The summed E-state index contributed by atoms with van der Waals surface area (Å²) in [5.41, 5.74) is 1.67. The van der Waals surface area contributed by atoms with Crippen molar-refractivity contribution in [1.29, 1.82) is 0 Å². The molecule has 1 aromatic carbocycles. The zero-order chi connectivity index (χ0) is 18.0. The lowest BCUT2D eigenvalue weighted by molar-refractivity contribution is 0.581. The number of hydrogen-bond acceptors (Lipinski definition) is 6. The Kier molecular flexibility index (Phi) is 4.15. The van der Waals surface area contributed by atoms with E-state index in [0.717, 1.165) is 11.1 Å².